The van der Waals surface area contributed by atoms with Crippen LogP contribution in [0.1, 0.15) is 22.8 Å². The van der Waals surface area contributed by atoms with Crippen molar-refractivity contribution in [2.24, 2.45) is 0 Å². The second kappa shape index (κ2) is 9.55. The second-order valence-corrected chi connectivity index (χ2v) is 8.50. The topological polar surface area (TPSA) is 56.1 Å². The minimum Gasteiger partial charge on any atom is -0.494 e. The van der Waals surface area contributed by atoms with Gasteiger partial charge in [0.1, 0.15) is 18.8 Å². The number of rotatable bonds is 7. The first-order chi connectivity index (χ1) is 14.6. The highest BCUT2D eigenvalue weighted by Gasteiger charge is 2.24. The zero-order valence-electron chi connectivity index (χ0n) is 17.5. The van der Waals surface area contributed by atoms with E-state index in [1.54, 1.807) is 0 Å². The van der Waals surface area contributed by atoms with Crippen LogP contribution >= 0.6 is 11.3 Å². The van der Waals surface area contributed by atoms with Gasteiger partial charge in [-0.1, -0.05) is 29.0 Å². The Hall–Kier alpha value is -2.48. The molecule has 0 bridgehead atoms. The number of hydrogen-bond acceptors (Lipinski definition) is 5. The van der Waals surface area contributed by atoms with Crippen LogP contribution in [-0.4, -0.2) is 56.9 Å². The van der Waals surface area contributed by atoms with Crippen LogP contribution in [0.5, 0.6) is 5.75 Å². The first kappa shape index (κ1) is 20.8. The Balaban J connectivity index is 1.62. The third kappa shape index (κ3) is 4.80. The van der Waals surface area contributed by atoms with E-state index in [1.165, 1.54) is 16.2 Å². The van der Waals surface area contributed by atoms with Gasteiger partial charge >= 0.3 is 0 Å². The number of aromatic nitrogens is 1. The lowest BCUT2D eigenvalue weighted by molar-refractivity contribution is -0.906. The molecule has 1 fully saturated rings. The minimum absolute atomic E-state index is 0.00764. The van der Waals surface area contributed by atoms with Crippen LogP contribution in [0.4, 0.5) is 5.13 Å². The number of amides is 1. The van der Waals surface area contributed by atoms with Gasteiger partial charge in [-0.25, -0.2) is 4.98 Å². The van der Waals surface area contributed by atoms with Gasteiger partial charge in [0.15, 0.2) is 5.13 Å². The Morgan fingerprint density at radius 3 is 2.70 bits per heavy atom. The van der Waals surface area contributed by atoms with Crippen LogP contribution in [0.2, 0.25) is 0 Å². The number of carbonyl (C=O) groups is 1. The van der Waals surface area contributed by atoms with Gasteiger partial charge in [0, 0.05) is 5.56 Å². The summed E-state index contributed by atoms with van der Waals surface area (Å²) in [5.74, 6) is 0.820. The van der Waals surface area contributed by atoms with Crippen molar-refractivity contribution in [3.63, 3.8) is 0 Å². The summed E-state index contributed by atoms with van der Waals surface area (Å²) < 4.78 is 12.1. The minimum atomic E-state index is -0.00764. The van der Waals surface area contributed by atoms with Crippen molar-refractivity contribution in [2.75, 3.05) is 50.9 Å². The molecule has 1 saturated heterocycles. The average Bonchev–Trinajstić information content (AvgIpc) is 3.18. The van der Waals surface area contributed by atoms with Crippen LogP contribution in [0.25, 0.3) is 10.2 Å². The van der Waals surface area contributed by atoms with Crippen molar-refractivity contribution in [2.45, 2.75) is 13.8 Å². The molecule has 0 atom stereocenters. The molecule has 0 unspecified atom stereocenters. The molecule has 0 radical (unpaired) electrons. The Labute approximate surface area is 181 Å². The summed E-state index contributed by atoms with van der Waals surface area (Å²) in [6, 6.07) is 13.6. The molecule has 30 heavy (non-hydrogen) atoms. The van der Waals surface area contributed by atoms with E-state index in [-0.39, 0.29) is 5.91 Å². The molecular formula is C23H28N3O3S+. The van der Waals surface area contributed by atoms with E-state index >= 15 is 0 Å². The van der Waals surface area contributed by atoms with Crippen molar-refractivity contribution in [3.05, 3.63) is 53.6 Å². The van der Waals surface area contributed by atoms with E-state index in [9.17, 15) is 4.79 Å². The lowest BCUT2D eigenvalue weighted by Gasteiger charge is -2.27. The van der Waals surface area contributed by atoms with Gasteiger partial charge in [0.25, 0.3) is 5.91 Å². The Morgan fingerprint density at radius 1 is 1.20 bits per heavy atom. The summed E-state index contributed by atoms with van der Waals surface area (Å²) >= 11 is 1.54. The molecule has 2 heterocycles. The quantitative estimate of drug-likeness (QED) is 0.631. The SMILES string of the molecule is CCOc1ccc2nc(N(CC[NH+]3CCOCC3)C(=O)c3ccc(C)cc3)sc2c1. The van der Waals surface area contributed by atoms with E-state index in [0.717, 1.165) is 59.5 Å². The molecule has 158 valence electrons. The number of ether oxygens (including phenoxy) is 2. The van der Waals surface area contributed by atoms with E-state index in [2.05, 4.69) is 0 Å². The molecule has 1 aliphatic rings. The van der Waals surface area contributed by atoms with Crippen molar-refractivity contribution >= 4 is 32.6 Å². The van der Waals surface area contributed by atoms with Gasteiger partial charge in [-0.15, -0.1) is 0 Å². The molecule has 2 aromatic carbocycles. The highest BCUT2D eigenvalue weighted by Crippen LogP contribution is 2.32. The molecule has 1 N–H and O–H groups in total. The van der Waals surface area contributed by atoms with Gasteiger partial charge in [0.05, 0.1) is 43.1 Å². The smallest absolute Gasteiger partial charge is 0.260 e. The lowest BCUT2D eigenvalue weighted by atomic mass is 10.1. The van der Waals surface area contributed by atoms with Crippen LogP contribution < -0.4 is 14.5 Å². The average molecular weight is 427 g/mol. The maximum atomic E-state index is 13.4. The number of nitrogens with zero attached hydrogens (tertiary/aromatic N) is 2. The molecule has 0 saturated carbocycles. The van der Waals surface area contributed by atoms with Gasteiger partial charge < -0.3 is 14.4 Å². The molecule has 7 heteroatoms. The molecule has 4 rings (SSSR count). The van der Waals surface area contributed by atoms with Gasteiger partial charge in [0.2, 0.25) is 0 Å². The first-order valence-corrected chi connectivity index (χ1v) is 11.3. The van der Waals surface area contributed by atoms with Crippen LogP contribution in [0.15, 0.2) is 42.5 Å². The number of quaternary nitrogens is 1. The van der Waals surface area contributed by atoms with Gasteiger partial charge in [-0.05, 0) is 44.2 Å². The molecule has 6 nitrogen and oxygen atoms in total. The highest BCUT2D eigenvalue weighted by molar-refractivity contribution is 7.22. The Bertz CT molecular complexity index is 997. The fourth-order valence-corrected chi connectivity index (χ4v) is 4.60. The van der Waals surface area contributed by atoms with Crippen LogP contribution in [0.3, 0.4) is 0 Å². The fourth-order valence-electron chi connectivity index (χ4n) is 3.58. The number of nitrogens with one attached hydrogen (secondary N) is 1. The lowest BCUT2D eigenvalue weighted by Crippen LogP contribution is -3.14. The number of thiazole rings is 1. The normalized spacial score (nSPS) is 14.7. The highest BCUT2D eigenvalue weighted by atomic mass is 32.1. The van der Waals surface area contributed by atoms with Crippen molar-refractivity contribution in [3.8, 4) is 5.75 Å². The predicted octanol–water partition coefficient (Wildman–Crippen LogP) is 2.57. The molecule has 0 aliphatic carbocycles. The fraction of sp³-hybridized carbons (Fsp3) is 0.391. The molecular weight excluding hydrogens is 398 g/mol. The van der Waals surface area contributed by atoms with E-state index in [1.807, 2.05) is 61.2 Å². The molecule has 1 amide bonds. The van der Waals surface area contributed by atoms with E-state index in [0.29, 0.717) is 18.7 Å². The molecule has 3 aromatic rings. The van der Waals surface area contributed by atoms with Crippen molar-refractivity contribution in [1.29, 1.82) is 0 Å². The standard InChI is InChI=1S/C23H27N3O3S/c1-3-29-19-8-9-20-21(16-19)30-23(24-20)26(11-10-25-12-14-28-15-13-25)22(27)18-6-4-17(2)5-7-18/h4-9,16H,3,10-15H2,1-2H3/p+1. The summed E-state index contributed by atoms with van der Waals surface area (Å²) in [6.07, 6.45) is 0. The van der Waals surface area contributed by atoms with Gasteiger partial charge in [-0.3, -0.25) is 9.69 Å². The Kier molecular flexibility index (Phi) is 6.62. The predicted molar refractivity (Wildman–Crippen MR) is 120 cm³/mol. The number of anilines is 1. The molecule has 0 spiro atoms. The third-order valence-corrected chi connectivity index (χ3v) is 6.36. The van der Waals surface area contributed by atoms with Crippen LogP contribution in [0, 0.1) is 6.92 Å². The number of hydrogen-bond donors (Lipinski definition) is 1. The monoisotopic (exact) mass is 426 g/mol. The zero-order chi connectivity index (χ0) is 20.9. The maximum absolute atomic E-state index is 13.4. The summed E-state index contributed by atoms with van der Waals surface area (Å²) in [6.45, 7) is 9.63. The number of benzene rings is 2. The van der Waals surface area contributed by atoms with Crippen LogP contribution in [-0.2, 0) is 4.74 Å². The number of fused-ring (bicyclic) bond motifs is 1. The first-order valence-electron chi connectivity index (χ1n) is 10.5. The number of morpholine rings is 1. The summed E-state index contributed by atoms with van der Waals surface area (Å²) in [4.78, 5) is 21.5. The summed E-state index contributed by atoms with van der Waals surface area (Å²) in [7, 11) is 0. The zero-order valence-corrected chi connectivity index (χ0v) is 18.3. The van der Waals surface area contributed by atoms with E-state index < -0.39 is 0 Å². The largest absolute Gasteiger partial charge is 0.494 e. The maximum Gasteiger partial charge on any atom is 0.260 e. The number of aryl methyl sites for hydroxylation is 1. The van der Waals surface area contributed by atoms with Gasteiger partial charge in [-0.2, -0.15) is 0 Å². The third-order valence-electron chi connectivity index (χ3n) is 5.32. The molecule has 1 aromatic heterocycles. The van der Waals surface area contributed by atoms with Crippen molar-refractivity contribution < 1.29 is 19.2 Å². The number of carbonyl (C=O) groups excluding carboxylic acids is 1. The summed E-state index contributed by atoms with van der Waals surface area (Å²) in [5.41, 5.74) is 2.71. The van der Waals surface area contributed by atoms with Crippen molar-refractivity contribution in [1.82, 2.24) is 4.98 Å². The second-order valence-electron chi connectivity index (χ2n) is 7.49. The summed E-state index contributed by atoms with van der Waals surface area (Å²) in [5, 5.41) is 0.733. The van der Waals surface area contributed by atoms with E-state index in [4.69, 9.17) is 14.5 Å². The molecule has 1 aliphatic heterocycles. The Morgan fingerprint density at radius 2 is 1.97 bits per heavy atom.